The Kier molecular flexibility index (Phi) is 4.35. The van der Waals surface area contributed by atoms with Crippen LogP contribution in [0.25, 0.3) is 0 Å². The number of nitrogens with two attached hydrogens (primary N) is 1. The van der Waals surface area contributed by atoms with Crippen molar-refractivity contribution in [2.75, 3.05) is 7.05 Å². The number of aryl methyl sites for hydroxylation is 1. The Morgan fingerprint density at radius 3 is 2.53 bits per heavy atom. The van der Waals surface area contributed by atoms with E-state index in [0.29, 0.717) is 15.9 Å². The number of sulfonamides is 1. The van der Waals surface area contributed by atoms with Crippen LogP contribution in [-0.2, 0) is 16.6 Å². The minimum atomic E-state index is -3.45. The Morgan fingerprint density at radius 1 is 1.42 bits per heavy atom. The fourth-order valence-corrected chi connectivity index (χ4v) is 4.66. The van der Waals surface area contributed by atoms with E-state index in [1.54, 1.807) is 13.1 Å². The summed E-state index contributed by atoms with van der Waals surface area (Å²) in [6.07, 6.45) is 3.00. The van der Waals surface area contributed by atoms with Crippen LogP contribution in [0.15, 0.2) is 21.5 Å². The van der Waals surface area contributed by atoms with E-state index in [1.165, 1.54) is 4.31 Å². The third-order valence-electron chi connectivity index (χ3n) is 3.76. The first kappa shape index (κ1) is 15.0. The lowest BCUT2D eigenvalue weighted by molar-refractivity contribution is 0.249. The Bertz CT molecular complexity index is 583. The van der Waals surface area contributed by atoms with Crippen molar-refractivity contribution >= 4 is 26.0 Å². The molecular formula is C13H19BrN2O2S. The highest BCUT2D eigenvalue weighted by Gasteiger charge is 2.33. The molecule has 0 heterocycles. The van der Waals surface area contributed by atoms with Crippen LogP contribution in [0.2, 0.25) is 0 Å². The maximum Gasteiger partial charge on any atom is 0.244 e. The molecule has 0 amide bonds. The molecule has 2 rings (SSSR count). The van der Waals surface area contributed by atoms with Gasteiger partial charge in [-0.15, -0.1) is 0 Å². The topological polar surface area (TPSA) is 63.4 Å². The van der Waals surface area contributed by atoms with Crippen molar-refractivity contribution in [2.24, 2.45) is 5.73 Å². The maximum absolute atomic E-state index is 12.7. The molecule has 6 heteroatoms. The average Bonchev–Trinajstić information content (AvgIpc) is 2.29. The predicted molar refractivity (Wildman–Crippen MR) is 79.4 cm³/mol. The smallest absolute Gasteiger partial charge is 0.244 e. The van der Waals surface area contributed by atoms with Gasteiger partial charge in [0.1, 0.15) is 0 Å². The fraction of sp³-hybridized carbons (Fsp3) is 0.538. The van der Waals surface area contributed by atoms with Crippen molar-refractivity contribution in [3.8, 4) is 0 Å². The van der Waals surface area contributed by atoms with Gasteiger partial charge in [0.2, 0.25) is 10.0 Å². The number of hydrogen-bond acceptors (Lipinski definition) is 3. The quantitative estimate of drug-likeness (QED) is 0.910. The summed E-state index contributed by atoms with van der Waals surface area (Å²) in [6, 6.07) is 3.72. The molecule has 106 valence electrons. The summed E-state index contributed by atoms with van der Waals surface area (Å²) in [5.41, 5.74) is 7.36. The van der Waals surface area contributed by atoms with E-state index in [9.17, 15) is 8.42 Å². The molecule has 0 saturated heterocycles. The van der Waals surface area contributed by atoms with Crippen LogP contribution in [0, 0.1) is 6.92 Å². The van der Waals surface area contributed by atoms with Crippen molar-refractivity contribution in [2.45, 2.75) is 43.7 Å². The van der Waals surface area contributed by atoms with E-state index >= 15 is 0 Å². The van der Waals surface area contributed by atoms with Crippen LogP contribution in [0.5, 0.6) is 0 Å². The Balaban J connectivity index is 2.47. The molecule has 1 aromatic carbocycles. The third kappa shape index (κ3) is 2.72. The first-order valence-electron chi connectivity index (χ1n) is 6.35. The van der Waals surface area contributed by atoms with Gasteiger partial charge in [-0.1, -0.05) is 12.5 Å². The summed E-state index contributed by atoms with van der Waals surface area (Å²) >= 11 is 3.39. The van der Waals surface area contributed by atoms with Gasteiger partial charge in [0.25, 0.3) is 0 Å². The first-order chi connectivity index (χ1) is 8.87. The largest absolute Gasteiger partial charge is 0.326 e. The van der Waals surface area contributed by atoms with Crippen LogP contribution in [-0.4, -0.2) is 25.8 Å². The highest BCUT2D eigenvalue weighted by molar-refractivity contribution is 9.10. The van der Waals surface area contributed by atoms with Crippen molar-refractivity contribution in [1.82, 2.24) is 4.31 Å². The number of nitrogens with zero attached hydrogens (tertiary/aromatic N) is 1. The second-order valence-electron chi connectivity index (χ2n) is 5.03. The molecule has 1 aliphatic rings. The number of hydrogen-bond donors (Lipinski definition) is 1. The molecule has 0 bridgehead atoms. The Labute approximate surface area is 123 Å². The predicted octanol–water partition coefficient (Wildman–Crippen LogP) is 2.39. The van der Waals surface area contributed by atoms with E-state index in [-0.39, 0.29) is 6.04 Å². The lowest BCUT2D eigenvalue weighted by Gasteiger charge is -2.34. The van der Waals surface area contributed by atoms with E-state index in [1.807, 2.05) is 13.0 Å². The monoisotopic (exact) mass is 346 g/mol. The summed E-state index contributed by atoms with van der Waals surface area (Å²) in [4.78, 5) is 0.322. The zero-order valence-corrected chi connectivity index (χ0v) is 13.6. The summed E-state index contributed by atoms with van der Waals surface area (Å²) in [6.45, 7) is 2.22. The van der Waals surface area contributed by atoms with Gasteiger partial charge >= 0.3 is 0 Å². The SMILES string of the molecule is Cc1cc(CN)cc(S(=O)(=O)N(C)C2CCC2)c1Br. The van der Waals surface area contributed by atoms with Crippen molar-refractivity contribution in [3.63, 3.8) is 0 Å². The third-order valence-corrected chi connectivity index (χ3v) is 7.01. The Hall–Kier alpha value is -0.430. The molecule has 1 fully saturated rings. The van der Waals surface area contributed by atoms with E-state index in [2.05, 4.69) is 15.9 Å². The lowest BCUT2D eigenvalue weighted by atomic mass is 9.94. The first-order valence-corrected chi connectivity index (χ1v) is 8.58. The van der Waals surface area contributed by atoms with Gasteiger partial charge in [-0.25, -0.2) is 8.42 Å². The second-order valence-corrected chi connectivity index (χ2v) is 7.79. The molecule has 19 heavy (non-hydrogen) atoms. The molecule has 4 nitrogen and oxygen atoms in total. The van der Waals surface area contributed by atoms with E-state index in [0.717, 1.165) is 30.4 Å². The molecule has 0 radical (unpaired) electrons. The molecule has 0 unspecified atom stereocenters. The standard InChI is InChI=1S/C13H19BrN2O2S/c1-9-6-10(8-15)7-12(13(9)14)19(17,18)16(2)11-4-3-5-11/h6-7,11H,3-5,8,15H2,1-2H3. The summed E-state index contributed by atoms with van der Waals surface area (Å²) < 4.78 is 27.5. The van der Waals surface area contributed by atoms with Crippen LogP contribution in [0.3, 0.4) is 0 Å². The highest BCUT2D eigenvalue weighted by atomic mass is 79.9. The van der Waals surface area contributed by atoms with Crippen LogP contribution in [0.1, 0.15) is 30.4 Å². The molecule has 1 saturated carbocycles. The van der Waals surface area contributed by atoms with Crippen molar-refractivity contribution < 1.29 is 8.42 Å². The van der Waals surface area contributed by atoms with E-state index < -0.39 is 10.0 Å². The molecule has 0 spiro atoms. The lowest BCUT2D eigenvalue weighted by Crippen LogP contribution is -2.41. The molecule has 0 aromatic heterocycles. The van der Waals surface area contributed by atoms with Crippen LogP contribution in [0.4, 0.5) is 0 Å². The van der Waals surface area contributed by atoms with Gasteiger partial charge in [0, 0.05) is 24.1 Å². The van der Waals surface area contributed by atoms with Crippen LogP contribution >= 0.6 is 15.9 Å². The molecule has 2 N–H and O–H groups in total. The average molecular weight is 347 g/mol. The molecule has 1 aliphatic carbocycles. The minimum absolute atomic E-state index is 0.138. The minimum Gasteiger partial charge on any atom is -0.326 e. The van der Waals surface area contributed by atoms with E-state index in [4.69, 9.17) is 5.73 Å². The number of benzene rings is 1. The number of halogens is 1. The normalized spacial score (nSPS) is 16.7. The molecule has 0 aliphatic heterocycles. The van der Waals surface area contributed by atoms with Crippen LogP contribution < -0.4 is 5.73 Å². The molecular weight excluding hydrogens is 328 g/mol. The molecule has 1 aromatic rings. The van der Waals surface area contributed by atoms with Gasteiger partial charge < -0.3 is 5.73 Å². The maximum atomic E-state index is 12.7. The van der Waals surface area contributed by atoms with Crippen molar-refractivity contribution in [1.29, 1.82) is 0 Å². The van der Waals surface area contributed by atoms with Gasteiger partial charge in [-0.2, -0.15) is 4.31 Å². The van der Waals surface area contributed by atoms with Crippen molar-refractivity contribution in [3.05, 3.63) is 27.7 Å². The second kappa shape index (κ2) is 5.52. The van der Waals surface area contributed by atoms with Gasteiger partial charge in [-0.3, -0.25) is 0 Å². The Morgan fingerprint density at radius 2 is 2.05 bits per heavy atom. The summed E-state index contributed by atoms with van der Waals surface area (Å²) in [7, 11) is -1.79. The summed E-state index contributed by atoms with van der Waals surface area (Å²) in [5, 5.41) is 0. The molecule has 0 atom stereocenters. The van der Waals surface area contributed by atoms with Gasteiger partial charge in [0.05, 0.1) is 4.90 Å². The number of rotatable bonds is 4. The van der Waals surface area contributed by atoms with Gasteiger partial charge in [0.15, 0.2) is 0 Å². The summed E-state index contributed by atoms with van der Waals surface area (Å²) in [5.74, 6) is 0. The fourth-order valence-electron chi connectivity index (χ4n) is 2.22. The van der Waals surface area contributed by atoms with Gasteiger partial charge in [-0.05, 0) is 52.9 Å². The highest BCUT2D eigenvalue weighted by Crippen LogP contribution is 2.33. The zero-order chi connectivity index (χ0) is 14.2. The zero-order valence-electron chi connectivity index (χ0n) is 11.2.